The van der Waals surface area contributed by atoms with Gasteiger partial charge in [-0.1, -0.05) is 6.07 Å². The van der Waals surface area contributed by atoms with Gasteiger partial charge in [0.25, 0.3) is 0 Å². The number of carbonyl (C=O) groups is 1. The molecule has 3 aromatic rings. The first-order valence-electron chi connectivity index (χ1n) is 5.98. The van der Waals surface area contributed by atoms with Crippen LogP contribution in [0.1, 0.15) is 21.7 Å². The van der Waals surface area contributed by atoms with E-state index in [1.165, 1.54) is 6.26 Å². The number of furan rings is 1. The number of fused-ring (bicyclic) bond motifs is 1. The van der Waals surface area contributed by atoms with Crippen molar-refractivity contribution in [2.75, 3.05) is 0 Å². The number of carboxylic acids is 1. The van der Waals surface area contributed by atoms with Gasteiger partial charge in [0, 0.05) is 22.7 Å². The monoisotopic (exact) mass is 266 g/mol. The number of aromatic carboxylic acids is 1. The molecule has 20 heavy (non-hydrogen) atoms. The molecular formula is C15H10N2O3. The second-order valence-electron chi connectivity index (χ2n) is 4.37. The van der Waals surface area contributed by atoms with Crippen LogP contribution in [0.25, 0.3) is 10.9 Å². The summed E-state index contributed by atoms with van der Waals surface area (Å²) in [5.74, 6) is -1.14. The van der Waals surface area contributed by atoms with Gasteiger partial charge in [0.15, 0.2) is 0 Å². The fraction of sp³-hybridized carbons (Fsp3) is 0.0667. The van der Waals surface area contributed by atoms with Crippen LogP contribution >= 0.6 is 0 Å². The third-order valence-corrected chi connectivity index (χ3v) is 3.22. The van der Waals surface area contributed by atoms with E-state index < -0.39 is 5.97 Å². The summed E-state index contributed by atoms with van der Waals surface area (Å²) in [6.45, 7) is 0.385. The van der Waals surface area contributed by atoms with Crippen LogP contribution in [0.2, 0.25) is 0 Å². The number of benzene rings is 1. The van der Waals surface area contributed by atoms with Gasteiger partial charge in [-0.05, 0) is 24.3 Å². The number of nitrogens with zero attached hydrogens (tertiary/aromatic N) is 2. The largest absolute Gasteiger partial charge is 0.475 e. The Bertz CT molecular complexity index is 836. The highest BCUT2D eigenvalue weighted by molar-refractivity contribution is 5.87. The van der Waals surface area contributed by atoms with Crippen molar-refractivity contribution in [3.8, 4) is 6.07 Å². The summed E-state index contributed by atoms with van der Waals surface area (Å²) in [5, 5.41) is 19.0. The van der Waals surface area contributed by atoms with Crippen LogP contribution in [-0.2, 0) is 6.54 Å². The molecule has 0 aliphatic carbocycles. The van der Waals surface area contributed by atoms with E-state index in [2.05, 4.69) is 6.07 Å². The average molecular weight is 266 g/mol. The summed E-state index contributed by atoms with van der Waals surface area (Å²) in [7, 11) is 0. The molecule has 1 N–H and O–H groups in total. The zero-order valence-corrected chi connectivity index (χ0v) is 10.4. The van der Waals surface area contributed by atoms with Crippen LogP contribution in [0.5, 0.6) is 0 Å². The van der Waals surface area contributed by atoms with E-state index in [1.807, 2.05) is 29.0 Å². The van der Waals surface area contributed by atoms with Gasteiger partial charge in [0.2, 0.25) is 5.76 Å². The smallest absolute Gasteiger partial charge is 0.372 e. The molecule has 0 unspecified atom stereocenters. The minimum Gasteiger partial charge on any atom is -0.475 e. The number of nitriles is 1. The molecule has 2 aromatic heterocycles. The summed E-state index contributed by atoms with van der Waals surface area (Å²) in [6, 6.07) is 11.1. The molecule has 0 spiro atoms. The first-order chi connectivity index (χ1) is 9.70. The zero-order chi connectivity index (χ0) is 14.1. The molecule has 0 atom stereocenters. The lowest BCUT2D eigenvalue weighted by molar-refractivity contribution is 0.0660. The Labute approximate surface area is 114 Å². The number of hydrogen-bond donors (Lipinski definition) is 1. The van der Waals surface area contributed by atoms with Crippen molar-refractivity contribution < 1.29 is 14.3 Å². The fourth-order valence-corrected chi connectivity index (χ4v) is 2.29. The van der Waals surface area contributed by atoms with E-state index in [0.29, 0.717) is 17.7 Å². The molecule has 0 bridgehead atoms. The molecular weight excluding hydrogens is 256 g/mol. The molecule has 0 saturated heterocycles. The van der Waals surface area contributed by atoms with Gasteiger partial charge < -0.3 is 14.1 Å². The normalized spacial score (nSPS) is 10.6. The van der Waals surface area contributed by atoms with E-state index in [9.17, 15) is 4.79 Å². The Hall–Kier alpha value is -3.00. The zero-order valence-electron chi connectivity index (χ0n) is 10.4. The van der Waals surface area contributed by atoms with Crippen LogP contribution in [0.15, 0.2) is 47.2 Å². The Morgan fingerprint density at radius 2 is 2.20 bits per heavy atom. The topological polar surface area (TPSA) is 79.2 Å². The minimum absolute atomic E-state index is 0.0525. The third-order valence-electron chi connectivity index (χ3n) is 3.22. The Balaban J connectivity index is 2.06. The summed E-state index contributed by atoms with van der Waals surface area (Å²) >= 11 is 0. The first kappa shape index (κ1) is 12.1. The SMILES string of the molecule is N#Cc1cccc2c1ccn2Cc1ccoc1C(=O)O. The predicted molar refractivity (Wildman–Crippen MR) is 71.4 cm³/mol. The highest BCUT2D eigenvalue weighted by atomic mass is 16.4. The highest BCUT2D eigenvalue weighted by Crippen LogP contribution is 2.22. The van der Waals surface area contributed by atoms with Crippen LogP contribution in [-0.4, -0.2) is 15.6 Å². The second kappa shape index (κ2) is 4.59. The molecule has 0 radical (unpaired) electrons. The lowest BCUT2D eigenvalue weighted by Gasteiger charge is -2.04. The Morgan fingerprint density at radius 3 is 2.95 bits per heavy atom. The van der Waals surface area contributed by atoms with Crippen molar-refractivity contribution in [1.82, 2.24) is 4.57 Å². The minimum atomic E-state index is -1.08. The lowest BCUT2D eigenvalue weighted by Crippen LogP contribution is -2.03. The molecule has 3 rings (SSSR count). The van der Waals surface area contributed by atoms with E-state index in [-0.39, 0.29) is 5.76 Å². The van der Waals surface area contributed by atoms with Gasteiger partial charge in [0.05, 0.1) is 24.4 Å². The molecule has 5 nitrogen and oxygen atoms in total. The molecule has 98 valence electrons. The number of hydrogen-bond acceptors (Lipinski definition) is 3. The Kier molecular flexibility index (Phi) is 2.77. The molecule has 0 aliphatic rings. The maximum Gasteiger partial charge on any atom is 0.372 e. The number of rotatable bonds is 3. The summed E-state index contributed by atoms with van der Waals surface area (Å²) in [4.78, 5) is 11.0. The third kappa shape index (κ3) is 1.84. The van der Waals surface area contributed by atoms with E-state index in [0.717, 1.165) is 10.9 Å². The van der Waals surface area contributed by atoms with Crippen molar-refractivity contribution in [1.29, 1.82) is 5.26 Å². The van der Waals surface area contributed by atoms with E-state index in [4.69, 9.17) is 14.8 Å². The van der Waals surface area contributed by atoms with E-state index >= 15 is 0 Å². The fourth-order valence-electron chi connectivity index (χ4n) is 2.29. The molecule has 1 aromatic carbocycles. The summed E-state index contributed by atoms with van der Waals surface area (Å²) in [5.41, 5.74) is 2.09. The van der Waals surface area contributed by atoms with Crippen LogP contribution in [0.4, 0.5) is 0 Å². The lowest BCUT2D eigenvalue weighted by atomic mass is 10.1. The molecule has 0 amide bonds. The predicted octanol–water partition coefficient (Wildman–Crippen LogP) is 2.85. The van der Waals surface area contributed by atoms with Crippen molar-refractivity contribution in [3.05, 3.63) is 59.7 Å². The van der Waals surface area contributed by atoms with Gasteiger partial charge >= 0.3 is 5.97 Å². The van der Waals surface area contributed by atoms with Gasteiger partial charge in [0.1, 0.15) is 0 Å². The molecule has 2 heterocycles. The number of aromatic nitrogens is 1. The molecule has 0 fully saturated rings. The van der Waals surface area contributed by atoms with Gasteiger partial charge in [-0.2, -0.15) is 5.26 Å². The summed E-state index contributed by atoms with van der Waals surface area (Å²) in [6.07, 6.45) is 3.20. The summed E-state index contributed by atoms with van der Waals surface area (Å²) < 4.78 is 6.86. The van der Waals surface area contributed by atoms with Crippen LogP contribution in [0.3, 0.4) is 0 Å². The second-order valence-corrected chi connectivity index (χ2v) is 4.37. The van der Waals surface area contributed by atoms with E-state index in [1.54, 1.807) is 12.1 Å². The standard InChI is InChI=1S/C15H10N2O3/c16-8-10-2-1-3-13-12(10)4-6-17(13)9-11-5-7-20-14(11)15(18)19/h1-7H,9H2,(H,18,19). The van der Waals surface area contributed by atoms with Crippen molar-refractivity contribution in [3.63, 3.8) is 0 Å². The van der Waals surface area contributed by atoms with Crippen molar-refractivity contribution in [2.24, 2.45) is 0 Å². The molecule has 0 aliphatic heterocycles. The van der Waals surface area contributed by atoms with Gasteiger partial charge in [-0.25, -0.2) is 4.79 Å². The molecule has 5 heteroatoms. The first-order valence-corrected chi connectivity index (χ1v) is 5.98. The highest BCUT2D eigenvalue weighted by Gasteiger charge is 2.15. The maximum absolute atomic E-state index is 11.0. The Morgan fingerprint density at radius 1 is 1.35 bits per heavy atom. The van der Waals surface area contributed by atoms with Gasteiger partial charge in [-0.3, -0.25) is 0 Å². The number of carboxylic acid groups (broad SMARTS) is 1. The van der Waals surface area contributed by atoms with Gasteiger partial charge in [-0.15, -0.1) is 0 Å². The quantitative estimate of drug-likeness (QED) is 0.790. The van der Waals surface area contributed by atoms with Crippen LogP contribution in [0, 0.1) is 11.3 Å². The van der Waals surface area contributed by atoms with Crippen LogP contribution < -0.4 is 0 Å². The molecule has 0 saturated carbocycles. The maximum atomic E-state index is 11.0. The van der Waals surface area contributed by atoms with Crippen molar-refractivity contribution >= 4 is 16.9 Å². The average Bonchev–Trinajstić information content (AvgIpc) is 3.06. The van der Waals surface area contributed by atoms with Crippen molar-refractivity contribution in [2.45, 2.75) is 6.54 Å².